The van der Waals surface area contributed by atoms with Crippen LogP contribution in [-0.2, 0) is 4.79 Å². The van der Waals surface area contributed by atoms with E-state index in [4.69, 9.17) is 0 Å². The van der Waals surface area contributed by atoms with Crippen molar-refractivity contribution in [1.29, 1.82) is 0 Å². The van der Waals surface area contributed by atoms with Crippen LogP contribution < -0.4 is 0 Å². The van der Waals surface area contributed by atoms with E-state index in [1.54, 1.807) is 0 Å². The van der Waals surface area contributed by atoms with Crippen molar-refractivity contribution < 1.29 is 4.79 Å². The van der Waals surface area contributed by atoms with Gasteiger partial charge >= 0.3 is 0 Å². The van der Waals surface area contributed by atoms with Crippen molar-refractivity contribution in [2.75, 3.05) is 0 Å². The Bertz CT molecular complexity index is 227. The van der Waals surface area contributed by atoms with Crippen molar-refractivity contribution in [3.05, 3.63) is 11.6 Å². The van der Waals surface area contributed by atoms with Gasteiger partial charge in [0.25, 0.3) is 0 Å². The van der Waals surface area contributed by atoms with Gasteiger partial charge in [-0.3, -0.25) is 4.79 Å². The number of rotatable bonds is 0. The van der Waals surface area contributed by atoms with Crippen LogP contribution in [0, 0.1) is 11.8 Å². The summed E-state index contributed by atoms with van der Waals surface area (Å²) in [6.07, 6.45) is 7.86. The van der Waals surface area contributed by atoms with Crippen LogP contribution in [0.3, 0.4) is 0 Å². The Morgan fingerprint density at radius 2 is 2.25 bits per heavy atom. The molecule has 2 atom stereocenters. The number of carbonyl (C=O) groups is 1. The maximum Gasteiger partial charge on any atom is 0.155 e. The molecule has 0 amide bonds. The lowest BCUT2D eigenvalue weighted by atomic mass is 9.72. The molecule has 1 heteroatoms. The molecule has 0 N–H and O–H groups in total. The maximum absolute atomic E-state index is 11.3. The standard InChI is InChI=1S/C11H16O/c1-8-6-10(12)7-9-4-2-3-5-11(8)9/h7-8,11H,2-6H2,1H3/t8-,11?/m0/s1. The van der Waals surface area contributed by atoms with E-state index in [1.165, 1.54) is 31.3 Å². The van der Waals surface area contributed by atoms with Crippen molar-refractivity contribution in [2.45, 2.75) is 39.0 Å². The summed E-state index contributed by atoms with van der Waals surface area (Å²) in [5.41, 5.74) is 1.45. The van der Waals surface area contributed by atoms with Gasteiger partial charge in [0, 0.05) is 6.42 Å². The van der Waals surface area contributed by atoms with Crippen LogP contribution in [0.2, 0.25) is 0 Å². The molecular formula is C11H16O. The topological polar surface area (TPSA) is 17.1 Å². The Morgan fingerprint density at radius 1 is 1.42 bits per heavy atom. The minimum absolute atomic E-state index is 0.357. The third kappa shape index (κ3) is 1.33. The molecule has 0 heterocycles. The summed E-state index contributed by atoms with van der Waals surface area (Å²) in [6, 6.07) is 0. The van der Waals surface area contributed by atoms with Crippen LogP contribution in [0.25, 0.3) is 0 Å². The van der Waals surface area contributed by atoms with E-state index in [9.17, 15) is 4.79 Å². The zero-order valence-electron chi connectivity index (χ0n) is 7.68. The highest BCUT2D eigenvalue weighted by Gasteiger charge is 2.29. The van der Waals surface area contributed by atoms with Crippen molar-refractivity contribution in [3.8, 4) is 0 Å². The second kappa shape index (κ2) is 3.04. The summed E-state index contributed by atoms with van der Waals surface area (Å²) in [5.74, 6) is 1.71. The fourth-order valence-corrected chi connectivity index (χ4v) is 2.62. The van der Waals surface area contributed by atoms with Gasteiger partial charge in [-0.05, 0) is 37.2 Å². The lowest BCUT2D eigenvalue weighted by molar-refractivity contribution is -0.116. The van der Waals surface area contributed by atoms with Crippen molar-refractivity contribution in [3.63, 3.8) is 0 Å². The quantitative estimate of drug-likeness (QED) is 0.538. The molecule has 1 fully saturated rings. The average Bonchev–Trinajstić information content (AvgIpc) is 2.04. The SMILES string of the molecule is C[C@H]1CC(=O)C=C2CCCCC21. The highest BCUT2D eigenvalue weighted by atomic mass is 16.1. The fraction of sp³-hybridized carbons (Fsp3) is 0.727. The number of hydrogen-bond donors (Lipinski definition) is 0. The van der Waals surface area contributed by atoms with Gasteiger partial charge in [0.15, 0.2) is 5.78 Å². The first-order valence-corrected chi connectivity index (χ1v) is 5.00. The molecule has 0 aromatic heterocycles. The molecule has 12 heavy (non-hydrogen) atoms. The molecule has 1 saturated carbocycles. The normalized spacial score (nSPS) is 35.8. The largest absolute Gasteiger partial charge is 0.295 e. The minimum atomic E-state index is 0.357. The van der Waals surface area contributed by atoms with Gasteiger partial charge in [-0.1, -0.05) is 18.9 Å². The molecule has 2 aliphatic carbocycles. The van der Waals surface area contributed by atoms with E-state index in [2.05, 4.69) is 6.92 Å². The van der Waals surface area contributed by atoms with Crippen LogP contribution in [0.1, 0.15) is 39.0 Å². The smallest absolute Gasteiger partial charge is 0.155 e. The van der Waals surface area contributed by atoms with E-state index in [-0.39, 0.29) is 0 Å². The van der Waals surface area contributed by atoms with Crippen LogP contribution in [0.15, 0.2) is 11.6 Å². The first-order chi connectivity index (χ1) is 5.77. The molecule has 0 bridgehead atoms. The second-order valence-corrected chi connectivity index (χ2v) is 4.22. The molecule has 66 valence electrons. The molecular weight excluding hydrogens is 148 g/mol. The van der Waals surface area contributed by atoms with Gasteiger partial charge in [0.2, 0.25) is 0 Å². The first kappa shape index (κ1) is 8.03. The van der Waals surface area contributed by atoms with Crippen LogP contribution >= 0.6 is 0 Å². The third-order valence-electron chi connectivity index (χ3n) is 3.26. The second-order valence-electron chi connectivity index (χ2n) is 4.22. The number of allylic oxidation sites excluding steroid dienone is 2. The summed E-state index contributed by atoms with van der Waals surface area (Å²) in [4.78, 5) is 11.3. The predicted molar refractivity (Wildman–Crippen MR) is 48.8 cm³/mol. The molecule has 0 aliphatic heterocycles. The Kier molecular flexibility index (Phi) is 2.03. The molecule has 0 aromatic rings. The summed E-state index contributed by atoms with van der Waals surface area (Å²) in [5, 5.41) is 0. The van der Waals surface area contributed by atoms with Gasteiger partial charge in [-0.2, -0.15) is 0 Å². The highest BCUT2D eigenvalue weighted by molar-refractivity contribution is 5.91. The van der Waals surface area contributed by atoms with Crippen LogP contribution in [-0.4, -0.2) is 5.78 Å². The fourth-order valence-electron chi connectivity index (χ4n) is 2.62. The average molecular weight is 164 g/mol. The van der Waals surface area contributed by atoms with Crippen molar-refractivity contribution in [1.82, 2.24) is 0 Å². The van der Waals surface area contributed by atoms with Crippen molar-refractivity contribution in [2.24, 2.45) is 11.8 Å². The highest BCUT2D eigenvalue weighted by Crippen LogP contribution is 2.38. The van der Waals surface area contributed by atoms with Gasteiger partial charge in [-0.15, -0.1) is 0 Å². The summed E-state index contributed by atoms with van der Waals surface area (Å²) in [6.45, 7) is 2.22. The van der Waals surface area contributed by atoms with Gasteiger partial charge in [0.05, 0.1) is 0 Å². The summed E-state index contributed by atoms with van der Waals surface area (Å²) in [7, 11) is 0. The van der Waals surface area contributed by atoms with E-state index >= 15 is 0 Å². The number of carbonyl (C=O) groups excluding carboxylic acids is 1. The summed E-state index contributed by atoms with van der Waals surface area (Å²) < 4.78 is 0. The van der Waals surface area contributed by atoms with Gasteiger partial charge in [0.1, 0.15) is 0 Å². The lowest BCUT2D eigenvalue weighted by Gasteiger charge is -2.33. The van der Waals surface area contributed by atoms with E-state index < -0.39 is 0 Å². The zero-order chi connectivity index (χ0) is 8.55. The zero-order valence-corrected chi connectivity index (χ0v) is 7.68. The third-order valence-corrected chi connectivity index (χ3v) is 3.26. The molecule has 0 radical (unpaired) electrons. The maximum atomic E-state index is 11.3. The van der Waals surface area contributed by atoms with Crippen molar-refractivity contribution >= 4 is 5.78 Å². The molecule has 2 aliphatic rings. The number of hydrogen-bond acceptors (Lipinski definition) is 1. The summed E-state index contributed by atoms with van der Waals surface area (Å²) >= 11 is 0. The Balaban J connectivity index is 2.22. The van der Waals surface area contributed by atoms with E-state index in [0.717, 1.165) is 12.3 Å². The predicted octanol–water partition coefficient (Wildman–Crippen LogP) is 2.71. The molecule has 2 rings (SSSR count). The molecule has 0 spiro atoms. The molecule has 0 saturated heterocycles. The lowest BCUT2D eigenvalue weighted by Crippen LogP contribution is -2.25. The van der Waals surface area contributed by atoms with E-state index in [1.807, 2.05) is 6.08 Å². The molecule has 1 nitrogen and oxygen atoms in total. The van der Waals surface area contributed by atoms with E-state index in [0.29, 0.717) is 11.7 Å². The van der Waals surface area contributed by atoms with Gasteiger partial charge < -0.3 is 0 Å². The van der Waals surface area contributed by atoms with Crippen LogP contribution in [0.5, 0.6) is 0 Å². The van der Waals surface area contributed by atoms with Crippen LogP contribution in [0.4, 0.5) is 0 Å². The number of fused-ring (bicyclic) bond motifs is 1. The molecule has 1 unspecified atom stereocenters. The minimum Gasteiger partial charge on any atom is -0.295 e. The Hall–Kier alpha value is -0.590. The first-order valence-electron chi connectivity index (χ1n) is 5.00. The Labute approximate surface area is 73.8 Å². The van der Waals surface area contributed by atoms with Gasteiger partial charge in [-0.25, -0.2) is 0 Å². The number of ketones is 1. The Morgan fingerprint density at radius 3 is 3.08 bits per heavy atom. The monoisotopic (exact) mass is 164 g/mol. The molecule has 0 aromatic carbocycles.